The summed E-state index contributed by atoms with van der Waals surface area (Å²) in [6.07, 6.45) is 5.29. The number of hydrogen-bond donors (Lipinski definition) is 2. The van der Waals surface area contributed by atoms with E-state index >= 15 is 0 Å². The number of guanidine groups is 1. The van der Waals surface area contributed by atoms with Crippen LogP contribution in [0.25, 0.3) is 0 Å². The van der Waals surface area contributed by atoms with Gasteiger partial charge < -0.3 is 15.4 Å². The molecule has 0 spiro atoms. The minimum absolute atomic E-state index is 0.596. The maximum atomic E-state index is 6.05. The molecule has 0 radical (unpaired) electrons. The lowest BCUT2D eigenvalue weighted by Gasteiger charge is -2.13. The fourth-order valence-electron chi connectivity index (χ4n) is 2.78. The Kier molecular flexibility index (Phi) is 7.08. The molecular formula is C22H30N4O. The summed E-state index contributed by atoms with van der Waals surface area (Å²) < 4.78 is 6.05. The van der Waals surface area contributed by atoms with E-state index in [1.807, 2.05) is 24.4 Å². The zero-order chi connectivity index (χ0) is 18.9. The summed E-state index contributed by atoms with van der Waals surface area (Å²) in [7, 11) is 0. The number of aryl methyl sites for hydroxylation is 1. The lowest BCUT2D eigenvalue weighted by Crippen LogP contribution is -2.38. The monoisotopic (exact) mass is 366 g/mol. The van der Waals surface area contributed by atoms with Crippen LogP contribution >= 0.6 is 0 Å². The van der Waals surface area contributed by atoms with Crippen LogP contribution in [0.1, 0.15) is 36.6 Å². The van der Waals surface area contributed by atoms with Crippen LogP contribution in [0.4, 0.5) is 0 Å². The van der Waals surface area contributed by atoms with Crippen molar-refractivity contribution in [3.8, 4) is 5.75 Å². The molecule has 0 unspecified atom stereocenters. The van der Waals surface area contributed by atoms with Crippen LogP contribution in [0, 0.1) is 12.8 Å². The molecule has 2 N–H and O–H groups in total. The molecule has 1 aromatic heterocycles. The molecule has 0 saturated heterocycles. The molecule has 5 heteroatoms. The van der Waals surface area contributed by atoms with Gasteiger partial charge in [-0.3, -0.25) is 4.98 Å². The van der Waals surface area contributed by atoms with E-state index in [2.05, 4.69) is 47.7 Å². The molecule has 27 heavy (non-hydrogen) atoms. The number of aliphatic imine (C=N–C) groups is 1. The fourth-order valence-corrected chi connectivity index (χ4v) is 2.78. The van der Waals surface area contributed by atoms with Crippen molar-refractivity contribution in [2.24, 2.45) is 10.9 Å². The summed E-state index contributed by atoms with van der Waals surface area (Å²) in [6.45, 7) is 7.21. The van der Waals surface area contributed by atoms with E-state index in [0.29, 0.717) is 6.54 Å². The Balaban J connectivity index is 1.58. The van der Waals surface area contributed by atoms with Crippen LogP contribution < -0.4 is 15.4 Å². The minimum atomic E-state index is 0.596. The van der Waals surface area contributed by atoms with E-state index in [1.54, 1.807) is 0 Å². The van der Waals surface area contributed by atoms with Crippen LogP contribution in [-0.4, -0.2) is 30.6 Å². The molecule has 0 atom stereocenters. The predicted molar refractivity (Wildman–Crippen MR) is 110 cm³/mol. The summed E-state index contributed by atoms with van der Waals surface area (Å²) >= 11 is 0. The molecule has 0 amide bonds. The van der Waals surface area contributed by atoms with Gasteiger partial charge in [0.25, 0.3) is 0 Å². The first-order valence-electron chi connectivity index (χ1n) is 9.89. The van der Waals surface area contributed by atoms with Gasteiger partial charge in [-0.15, -0.1) is 0 Å². The predicted octanol–water partition coefficient (Wildman–Crippen LogP) is 3.48. The lowest BCUT2D eigenvalue weighted by atomic mass is 10.1. The van der Waals surface area contributed by atoms with Gasteiger partial charge in [0.15, 0.2) is 5.96 Å². The van der Waals surface area contributed by atoms with Crippen LogP contribution in [-0.2, 0) is 13.0 Å². The maximum Gasteiger partial charge on any atom is 0.191 e. The van der Waals surface area contributed by atoms with E-state index < -0.39 is 0 Å². The first-order chi connectivity index (χ1) is 13.2. The van der Waals surface area contributed by atoms with Crippen molar-refractivity contribution in [2.45, 2.75) is 39.7 Å². The van der Waals surface area contributed by atoms with Crippen molar-refractivity contribution >= 4 is 5.96 Å². The summed E-state index contributed by atoms with van der Waals surface area (Å²) in [6, 6.07) is 12.4. The van der Waals surface area contributed by atoms with Gasteiger partial charge in [0.1, 0.15) is 5.75 Å². The Morgan fingerprint density at radius 3 is 2.85 bits per heavy atom. The summed E-state index contributed by atoms with van der Waals surface area (Å²) in [5, 5.41) is 6.70. The minimum Gasteiger partial charge on any atom is -0.493 e. The van der Waals surface area contributed by atoms with E-state index in [9.17, 15) is 0 Å². The van der Waals surface area contributed by atoms with Crippen LogP contribution in [0.5, 0.6) is 5.75 Å². The van der Waals surface area contributed by atoms with Gasteiger partial charge in [0.05, 0.1) is 13.2 Å². The highest BCUT2D eigenvalue weighted by molar-refractivity contribution is 5.79. The van der Waals surface area contributed by atoms with Gasteiger partial charge in [0.2, 0.25) is 0 Å². The lowest BCUT2D eigenvalue weighted by molar-refractivity contribution is 0.296. The zero-order valence-corrected chi connectivity index (χ0v) is 16.4. The Hall–Kier alpha value is -2.56. The number of ether oxygens (including phenoxy) is 1. The average Bonchev–Trinajstić information content (AvgIpc) is 3.51. The molecule has 1 aliphatic rings. The Bertz CT molecular complexity index is 741. The molecule has 3 rings (SSSR count). The second kappa shape index (κ2) is 9.95. The van der Waals surface area contributed by atoms with Crippen LogP contribution in [0.15, 0.2) is 47.6 Å². The number of benzene rings is 1. The maximum absolute atomic E-state index is 6.05. The van der Waals surface area contributed by atoms with E-state index in [0.717, 1.165) is 55.0 Å². The highest BCUT2D eigenvalue weighted by Crippen LogP contribution is 2.30. The third kappa shape index (κ3) is 6.59. The molecule has 1 aliphatic carbocycles. The highest BCUT2D eigenvalue weighted by atomic mass is 16.5. The first kappa shape index (κ1) is 19.2. The van der Waals surface area contributed by atoms with Gasteiger partial charge in [-0.2, -0.15) is 0 Å². The molecule has 144 valence electrons. The molecule has 5 nitrogen and oxygen atoms in total. The number of rotatable bonds is 9. The molecular weight excluding hydrogens is 336 g/mol. The van der Waals surface area contributed by atoms with Crippen LogP contribution in [0.2, 0.25) is 0 Å². The summed E-state index contributed by atoms with van der Waals surface area (Å²) in [5.74, 6) is 2.53. The normalized spacial score (nSPS) is 14.1. The molecule has 1 heterocycles. The first-order valence-corrected chi connectivity index (χ1v) is 9.89. The quantitative estimate of drug-likeness (QED) is 0.527. The SMILES string of the molecule is CCNC(=NCc1ccc(C)cc1OCC1CC1)NCCc1ccccn1. The smallest absolute Gasteiger partial charge is 0.191 e. The number of pyridine rings is 1. The van der Waals surface area contributed by atoms with Crippen molar-refractivity contribution in [3.63, 3.8) is 0 Å². The summed E-state index contributed by atoms with van der Waals surface area (Å²) in [5.41, 5.74) is 3.42. The Labute approximate surface area is 162 Å². The average molecular weight is 367 g/mol. The molecule has 0 bridgehead atoms. The van der Waals surface area contributed by atoms with Crippen molar-refractivity contribution in [3.05, 3.63) is 59.4 Å². The van der Waals surface area contributed by atoms with E-state index in [-0.39, 0.29) is 0 Å². The Morgan fingerprint density at radius 1 is 1.22 bits per heavy atom. The number of aromatic nitrogens is 1. The van der Waals surface area contributed by atoms with Gasteiger partial charge in [-0.25, -0.2) is 4.99 Å². The van der Waals surface area contributed by atoms with Crippen molar-refractivity contribution in [2.75, 3.05) is 19.7 Å². The second-order valence-corrected chi connectivity index (χ2v) is 7.06. The fraction of sp³-hybridized carbons (Fsp3) is 0.455. The standard InChI is InChI=1S/C22H30N4O/c1-3-23-22(25-13-11-20-6-4-5-12-24-20)26-15-19-10-7-17(2)14-21(19)27-16-18-8-9-18/h4-7,10,12,14,18H,3,8-9,11,13,15-16H2,1-2H3,(H2,23,25,26). The molecule has 1 saturated carbocycles. The van der Waals surface area contributed by atoms with Gasteiger partial charge in [0, 0.05) is 37.0 Å². The molecule has 2 aromatic rings. The largest absolute Gasteiger partial charge is 0.493 e. The van der Waals surface area contributed by atoms with Gasteiger partial charge in [-0.1, -0.05) is 18.2 Å². The number of nitrogens with zero attached hydrogens (tertiary/aromatic N) is 2. The molecule has 1 aromatic carbocycles. The van der Waals surface area contributed by atoms with Crippen molar-refractivity contribution < 1.29 is 4.74 Å². The van der Waals surface area contributed by atoms with Crippen LogP contribution in [0.3, 0.4) is 0 Å². The second-order valence-electron chi connectivity index (χ2n) is 7.06. The van der Waals surface area contributed by atoms with Crippen molar-refractivity contribution in [1.82, 2.24) is 15.6 Å². The van der Waals surface area contributed by atoms with Crippen molar-refractivity contribution in [1.29, 1.82) is 0 Å². The third-order valence-electron chi connectivity index (χ3n) is 4.55. The topological polar surface area (TPSA) is 58.5 Å². The van der Waals surface area contributed by atoms with E-state index in [1.165, 1.54) is 18.4 Å². The molecule has 1 fully saturated rings. The van der Waals surface area contributed by atoms with E-state index in [4.69, 9.17) is 9.73 Å². The van der Waals surface area contributed by atoms with Gasteiger partial charge >= 0.3 is 0 Å². The van der Waals surface area contributed by atoms with Gasteiger partial charge in [-0.05, 0) is 56.4 Å². The molecule has 0 aliphatic heterocycles. The third-order valence-corrected chi connectivity index (χ3v) is 4.55. The Morgan fingerprint density at radius 2 is 2.11 bits per heavy atom. The summed E-state index contributed by atoms with van der Waals surface area (Å²) in [4.78, 5) is 9.10. The number of nitrogens with one attached hydrogen (secondary N) is 2. The number of hydrogen-bond acceptors (Lipinski definition) is 3. The zero-order valence-electron chi connectivity index (χ0n) is 16.4. The highest BCUT2D eigenvalue weighted by Gasteiger charge is 2.22.